The lowest BCUT2D eigenvalue weighted by Crippen LogP contribution is -2.52. The summed E-state index contributed by atoms with van der Waals surface area (Å²) in [5.41, 5.74) is 2.40. The molecule has 2 N–H and O–H groups in total. The first-order valence-electron chi connectivity index (χ1n) is 9.29. The van der Waals surface area contributed by atoms with Crippen molar-refractivity contribution in [2.24, 2.45) is 4.99 Å². The molecular weight excluding hydrogens is 332 g/mol. The van der Waals surface area contributed by atoms with Gasteiger partial charge < -0.3 is 10.6 Å². The summed E-state index contributed by atoms with van der Waals surface area (Å²) in [6.07, 6.45) is 6.76. The van der Waals surface area contributed by atoms with Gasteiger partial charge in [-0.2, -0.15) is 0 Å². The van der Waals surface area contributed by atoms with E-state index in [-0.39, 0.29) is 12.1 Å². The minimum absolute atomic E-state index is 0.225. The van der Waals surface area contributed by atoms with Crippen molar-refractivity contribution in [1.29, 1.82) is 0 Å². The Bertz CT molecular complexity index is 804. The molecule has 2 aliphatic rings. The van der Waals surface area contributed by atoms with Crippen molar-refractivity contribution in [3.8, 4) is 0 Å². The number of hydrogen-bond acceptors (Lipinski definition) is 2. The monoisotopic (exact) mass is 355 g/mol. The average Bonchev–Trinajstić information content (AvgIpc) is 2.85. The minimum atomic E-state index is -0.565. The fraction of sp³-hybridized carbons (Fsp3) is 0.381. The first kappa shape index (κ1) is 17.0. The molecule has 1 fully saturated rings. The molecule has 1 saturated carbocycles. The molecule has 0 unspecified atom stereocenters. The van der Waals surface area contributed by atoms with Gasteiger partial charge in [0, 0.05) is 6.07 Å². The Balaban J connectivity index is 1.68. The molecule has 1 aliphatic heterocycles. The number of halogens is 2. The lowest BCUT2D eigenvalue weighted by Gasteiger charge is -2.41. The molecule has 0 amide bonds. The number of aliphatic imine (C=N–C) groups is 1. The third-order valence-electron chi connectivity index (χ3n) is 5.31. The lowest BCUT2D eigenvalue weighted by molar-refractivity contribution is 0.524. The Morgan fingerprint density at radius 2 is 1.54 bits per heavy atom. The fourth-order valence-electron chi connectivity index (χ4n) is 4.02. The van der Waals surface area contributed by atoms with Gasteiger partial charge in [-0.3, -0.25) is 4.99 Å². The number of hydrogen-bond donors (Lipinski definition) is 2. The summed E-state index contributed by atoms with van der Waals surface area (Å²) in [4.78, 5) is 4.76. The third-order valence-corrected chi connectivity index (χ3v) is 5.31. The number of rotatable bonds is 2. The molecule has 2 aromatic carbocycles. The molecule has 0 radical (unpaired) electrons. The van der Waals surface area contributed by atoms with Gasteiger partial charge in [0.15, 0.2) is 0 Å². The highest BCUT2D eigenvalue weighted by Crippen LogP contribution is 2.38. The van der Waals surface area contributed by atoms with Crippen LogP contribution in [0.2, 0.25) is 0 Å². The maximum absolute atomic E-state index is 13.5. The number of para-hydroxylation sites is 2. The Labute approximate surface area is 152 Å². The molecule has 1 aliphatic carbocycles. The number of nitrogens with one attached hydrogen (secondary N) is 2. The molecule has 3 nitrogen and oxygen atoms in total. The highest BCUT2D eigenvalue weighted by Gasteiger charge is 2.39. The van der Waals surface area contributed by atoms with E-state index in [4.69, 9.17) is 4.99 Å². The summed E-state index contributed by atoms with van der Waals surface area (Å²) < 4.78 is 27.0. The van der Waals surface area contributed by atoms with Crippen LogP contribution in [0.15, 0.2) is 47.5 Å². The number of fused-ring (bicyclic) bond motifs is 1. The number of nitrogens with zero attached hydrogens (tertiary/aromatic N) is 1. The van der Waals surface area contributed by atoms with Crippen LogP contribution in [-0.4, -0.2) is 11.4 Å². The molecular formula is C21H23F2N3. The maximum Gasteiger partial charge on any atom is 0.127 e. The van der Waals surface area contributed by atoms with Crippen molar-refractivity contribution < 1.29 is 8.78 Å². The van der Waals surface area contributed by atoms with Crippen molar-refractivity contribution in [2.45, 2.75) is 50.6 Å². The number of anilines is 2. The molecule has 4 rings (SSSR count). The highest BCUT2D eigenvalue weighted by atomic mass is 19.1. The van der Waals surface area contributed by atoms with Crippen molar-refractivity contribution >= 4 is 17.2 Å². The van der Waals surface area contributed by atoms with E-state index in [2.05, 4.69) is 16.7 Å². The van der Waals surface area contributed by atoms with Crippen LogP contribution in [0.4, 0.5) is 20.2 Å². The van der Waals surface area contributed by atoms with Crippen LogP contribution in [0, 0.1) is 11.6 Å². The molecule has 0 aromatic heterocycles. The van der Waals surface area contributed by atoms with Crippen LogP contribution >= 0.6 is 0 Å². The van der Waals surface area contributed by atoms with Crippen LogP contribution < -0.4 is 10.6 Å². The van der Waals surface area contributed by atoms with Crippen molar-refractivity contribution in [3.63, 3.8) is 0 Å². The molecule has 0 atom stereocenters. The van der Waals surface area contributed by atoms with Gasteiger partial charge in [0.2, 0.25) is 0 Å². The Kier molecular flexibility index (Phi) is 4.62. The molecule has 1 spiro atoms. The summed E-state index contributed by atoms with van der Waals surface area (Å²) in [6.45, 7) is 0.253. The van der Waals surface area contributed by atoms with E-state index in [0.29, 0.717) is 5.56 Å². The maximum atomic E-state index is 13.5. The van der Waals surface area contributed by atoms with Gasteiger partial charge in [-0.1, -0.05) is 37.8 Å². The normalized spacial score (nSPS) is 20.2. The Hall–Kier alpha value is -2.43. The smallest absolute Gasteiger partial charge is 0.127 e. The molecule has 5 heteroatoms. The molecule has 26 heavy (non-hydrogen) atoms. The largest absolute Gasteiger partial charge is 0.371 e. The second kappa shape index (κ2) is 7.06. The van der Waals surface area contributed by atoms with Gasteiger partial charge in [0.25, 0.3) is 0 Å². The Morgan fingerprint density at radius 1 is 0.885 bits per heavy atom. The van der Waals surface area contributed by atoms with Crippen molar-refractivity contribution in [1.82, 2.24) is 0 Å². The molecule has 0 saturated heterocycles. The second-order valence-corrected chi connectivity index (χ2v) is 7.23. The lowest BCUT2D eigenvalue weighted by atomic mass is 9.86. The molecule has 1 heterocycles. The zero-order chi connectivity index (χ0) is 18.0. The Morgan fingerprint density at radius 3 is 2.23 bits per heavy atom. The number of amidine groups is 1. The predicted octanol–water partition coefficient (Wildman–Crippen LogP) is 5.49. The standard InChI is InChI=1S/C21H23F2N3/c22-16-11-15(12-17(23)13-16)14-24-20-21(9-5-1-2-6-10-21)26-19-8-4-3-7-18(19)25-20/h3-4,7-8,11-13,26H,1-2,5-6,9-10,14H2,(H,24,25). The van der Waals surface area contributed by atoms with E-state index in [0.717, 1.165) is 49.0 Å². The van der Waals surface area contributed by atoms with Crippen molar-refractivity contribution in [3.05, 3.63) is 59.7 Å². The SMILES string of the molecule is Fc1cc(F)cc(CN=C2Nc3ccccc3NC23CCCCCC3)c1. The van der Waals surface area contributed by atoms with Gasteiger partial charge in [-0.25, -0.2) is 8.78 Å². The zero-order valence-electron chi connectivity index (χ0n) is 14.7. The van der Waals surface area contributed by atoms with Gasteiger partial charge in [-0.05, 0) is 42.7 Å². The summed E-state index contributed by atoms with van der Waals surface area (Å²) >= 11 is 0. The predicted molar refractivity (Wildman–Crippen MR) is 102 cm³/mol. The first-order chi connectivity index (χ1) is 12.6. The first-order valence-corrected chi connectivity index (χ1v) is 9.29. The summed E-state index contributed by atoms with van der Waals surface area (Å²) in [7, 11) is 0. The van der Waals surface area contributed by atoms with Crippen LogP contribution in [0.3, 0.4) is 0 Å². The second-order valence-electron chi connectivity index (χ2n) is 7.23. The van der Waals surface area contributed by atoms with Crippen LogP contribution in [0.5, 0.6) is 0 Å². The average molecular weight is 355 g/mol. The zero-order valence-corrected chi connectivity index (χ0v) is 14.7. The number of benzene rings is 2. The van der Waals surface area contributed by atoms with Gasteiger partial charge in [-0.15, -0.1) is 0 Å². The van der Waals surface area contributed by atoms with E-state index in [1.165, 1.54) is 25.0 Å². The van der Waals surface area contributed by atoms with Crippen LogP contribution in [0.25, 0.3) is 0 Å². The molecule has 2 aromatic rings. The van der Waals surface area contributed by atoms with E-state index in [1.807, 2.05) is 18.2 Å². The van der Waals surface area contributed by atoms with Crippen LogP contribution in [-0.2, 0) is 6.54 Å². The van der Waals surface area contributed by atoms with E-state index in [9.17, 15) is 8.78 Å². The van der Waals surface area contributed by atoms with Gasteiger partial charge >= 0.3 is 0 Å². The van der Waals surface area contributed by atoms with E-state index < -0.39 is 11.6 Å². The van der Waals surface area contributed by atoms with Crippen molar-refractivity contribution in [2.75, 3.05) is 10.6 Å². The molecule has 0 bridgehead atoms. The quantitative estimate of drug-likeness (QED) is 0.747. The van der Waals surface area contributed by atoms with E-state index in [1.54, 1.807) is 0 Å². The summed E-state index contributed by atoms with van der Waals surface area (Å²) in [5.74, 6) is -0.253. The van der Waals surface area contributed by atoms with Crippen LogP contribution in [0.1, 0.15) is 44.1 Å². The van der Waals surface area contributed by atoms with Gasteiger partial charge in [0.05, 0.1) is 23.5 Å². The minimum Gasteiger partial charge on any atom is -0.371 e. The highest BCUT2D eigenvalue weighted by molar-refractivity contribution is 6.09. The fourth-order valence-corrected chi connectivity index (χ4v) is 4.02. The third kappa shape index (κ3) is 3.43. The molecule has 136 valence electrons. The summed E-state index contributed by atoms with van der Waals surface area (Å²) in [5, 5.41) is 7.20. The van der Waals surface area contributed by atoms with E-state index >= 15 is 0 Å². The van der Waals surface area contributed by atoms with Gasteiger partial charge in [0.1, 0.15) is 17.5 Å². The summed E-state index contributed by atoms with van der Waals surface area (Å²) in [6, 6.07) is 11.7. The topological polar surface area (TPSA) is 36.4 Å².